The van der Waals surface area contributed by atoms with Crippen LogP contribution in [-0.2, 0) is 13.1 Å². The highest BCUT2D eigenvalue weighted by atomic mass is 19.1. The highest BCUT2D eigenvalue weighted by Gasteiger charge is 2.20. The summed E-state index contributed by atoms with van der Waals surface area (Å²) in [6.07, 6.45) is 0. The van der Waals surface area contributed by atoms with Crippen LogP contribution in [0, 0.1) is 5.82 Å². The first-order chi connectivity index (χ1) is 13.2. The van der Waals surface area contributed by atoms with Crippen LogP contribution in [0.5, 0.6) is 0 Å². The van der Waals surface area contributed by atoms with Crippen molar-refractivity contribution in [1.82, 2.24) is 10.3 Å². The topological polar surface area (TPSA) is 48.8 Å². The summed E-state index contributed by atoms with van der Waals surface area (Å²) in [7, 11) is 0. The van der Waals surface area contributed by atoms with E-state index in [1.165, 1.54) is 6.07 Å². The molecule has 0 spiro atoms. The molecule has 3 aromatic carbocycles. The van der Waals surface area contributed by atoms with Crippen LogP contribution in [-0.4, -0.2) is 10.9 Å². The number of nitrogens with zero attached hydrogens (tertiary/aromatic N) is 1. The van der Waals surface area contributed by atoms with Gasteiger partial charge in [0, 0.05) is 11.1 Å². The molecule has 0 saturated carbocycles. The third kappa shape index (κ3) is 3.58. The average Bonchev–Trinajstić information content (AvgIpc) is 3.06. The third-order valence-corrected chi connectivity index (χ3v) is 4.54. The molecule has 2 N–H and O–H groups in total. The van der Waals surface area contributed by atoms with Gasteiger partial charge in [-0.05, 0) is 30.3 Å². The van der Waals surface area contributed by atoms with E-state index in [9.17, 15) is 9.18 Å². The van der Waals surface area contributed by atoms with Crippen molar-refractivity contribution in [2.45, 2.75) is 13.1 Å². The van der Waals surface area contributed by atoms with E-state index in [1.54, 1.807) is 24.3 Å². The lowest BCUT2D eigenvalue weighted by Gasteiger charge is -2.06. The largest absolute Gasteiger partial charge is 0.340 e. The fourth-order valence-electron chi connectivity index (χ4n) is 3.16. The summed E-state index contributed by atoms with van der Waals surface area (Å²) in [4.78, 5) is 15.7. The van der Waals surface area contributed by atoms with Gasteiger partial charge < -0.3 is 5.32 Å². The Morgan fingerprint density at radius 3 is 2.44 bits per heavy atom. The second kappa shape index (κ2) is 7.41. The van der Waals surface area contributed by atoms with Crippen LogP contribution in [0.4, 0.5) is 4.39 Å². The summed E-state index contributed by atoms with van der Waals surface area (Å²) in [5.41, 5.74) is 3.11. The predicted molar refractivity (Wildman–Crippen MR) is 102 cm³/mol. The number of benzene rings is 3. The minimum atomic E-state index is -0.241. The second-order valence-corrected chi connectivity index (χ2v) is 6.32. The quantitative estimate of drug-likeness (QED) is 0.525. The van der Waals surface area contributed by atoms with E-state index in [0.29, 0.717) is 24.2 Å². The van der Waals surface area contributed by atoms with Crippen LogP contribution in [0.25, 0.3) is 11.0 Å². The Balaban J connectivity index is 1.64. The van der Waals surface area contributed by atoms with Crippen LogP contribution in [0.3, 0.4) is 0 Å². The molecule has 0 fully saturated rings. The standard InChI is InChI=1S/C22H18FN3O/c23-18-11-5-4-10-17(18)15-26-20-13-7-6-12-19(20)25-21(26)14-24-22(27)16-8-2-1-3-9-16/h1-13H,14-15H2,(H,24,27)/p+1. The fourth-order valence-corrected chi connectivity index (χ4v) is 3.16. The number of para-hydroxylation sites is 2. The Morgan fingerprint density at radius 2 is 1.63 bits per heavy atom. The van der Waals surface area contributed by atoms with Crippen molar-refractivity contribution in [3.05, 3.63) is 102 Å². The van der Waals surface area contributed by atoms with Crippen LogP contribution >= 0.6 is 0 Å². The van der Waals surface area contributed by atoms with E-state index in [2.05, 4.69) is 10.3 Å². The molecule has 4 aromatic rings. The van der Waals surface area contributed by atoms with Crippen LogP contribution in [0.15, 0.2) is 78.9 Å². The van der Waals surface area contributed by atoms with Gasteiger partial charge in [0.05, 0.1) is 0 Å². The smallest absolute Gasteiger partial charge is 0.275 e. The zero-order chi connectivity index (χ0) is 18.6. The molecule has 0 bridgehead atoms. The van der Waals surface area contributed by atoms with Gasteiger partial charge in [0.1, 0.15) is 18.9 Å². The maximum atomic E-state index is 14.2. The normalized spacial score (nSPS) is 10.9. The zero-order valence-corrected chi connectivity index (χ0v) is 14.7. The maximum Gasteiger partial charge on any atom is 0.275 e. The summed E-state index contributed by atoms with van der Waals surface area (Å²) < 4.78 is 16.2. The lowest BCUT2D eigenvalue weighted by Crippen LogP contribution is -2.40. The third-order valence-electron chi connectivity index (χ3n) is 4.54. The van der Waals surface area contributed by atoms with E-state index in [-0.39, 0.29) is 11.7 Å². The number of carbonyl (C=O) groups excluding carboxylic acids is 1. The Bertz CT molecular complexity index is 1090. The minimum absolute atomic E-state index is 0.147. The molecule has 0 aliphatic heterocycles. The molecule has 4 rings (SSSR count). The number of aromatic amines is 1. The molecule has 1 aromatic heterocycles. The highest BCUT2D eigenvalue weighted by Crippen LogP contribution is 2.12. The first kappa shape index (κ1) is 17.0. The second-order valence-electron chi connectivity index (χ2n) is 6.32. The van der Waals surface area contributed by atoms with E-state index in [4.69, 9.17) is 0 Å². The number of fused-ring (bicyclic) bond motifs is 1. The number of carbonyl (C=O) groups is 1. The van der Waals surface area contributed by atoms with Gasteiger partial charge in [-0.3, -0.25) is 4.79 Å². The van der Waals surface area contributed by atoms with Crippen molar-refractivity contribution < 1.29 is 13.8 Å². The van der Waals surface area contributed by atoms with Gasteiger partial charge in [-0.2, -0.15) is 0 Å². The van der Waals surface area contributed by atoms with Gasteiger partial charge in [0.2, 0.25) is 0 Å². The SMILES string of the molecule is O=C(NCc1[nH]c2ccccc2[n+]1Cc1ccccc1F)c1ccccc1. The molecule has 0 unspecified atom stereocenters. The Labute approximate surface area is 156 Å². The van der Waals surface area contributed by atoms with Crippen molar-refractivity contribution >= 4 is 16.9 Å². The molecule has 0 aliphatic carbocycles. The molecular formula is C22H19FN3O+. The Kier molecular flexibility index (Phi) is 4.66. The van der Waals surface area contributed by atoms with Crippen LogP contribution in [0.2, 0.25) is 0 Å². The molecule has 27 heavy (non-hydrogen) atoms. The Hall–Kier alpha value is -3.47. The molecule has 0 atom stereocenters. The molecule has 1 amide bonds. The van der Waals surface area contributed by atoms with Crippen molar-refractivity contribution in [1.29, 1.82) is 0 Å². The molecule has 4 nitrogen and oxygen atoms in total. The Morgan fingerprint density at radius 1 is 0.926 bits per heavy atom. The molecule has 0 aliphatic rings. The van der Waals surface area contributed by atoms with E-state index in [0.717, 1.165) is 16.9 Å². The molecule has 5 heteroatoms. The number of amides is 1. The molecule has 1 heterocycles. The number of hydrogen-bond acceptors (Lipinski definition) is 1. The van der Waals surface area contributed by atoms with Crippen molar-refractivity contribution in [2.75, 3.05) is 0 Å². The zero-order valence-electron chi connectivity index (χ0n) is 14.7. The number of hydrogen-bond donors (Lipinski definition) is 2. The fraction of sp³-hybridized carbons (Fsp3) is 0.0909. The summed E-state index contributed by atoms with van der Waals surface area (Å²) in [6.45, 7) is 0.698. The first-order valence-corrected chi connectivity index (χ1v) is 8.78. The monoisotopic (exact) mass is 360 g/mol. The van der Waals surface area contributed by atoms with Gasteiger partial charge in [-0.1, -0.05) is 48.5 Å². The lowest BCUT2D eigenvalue weighted by atomic mass is 10.2. The highest BCUT2D eigenvalue weighted by molar-refractivity contribution is 5.94. The van der Waals surface area contributed by atoms with Crippen LogP contribution < -0.4 is 9.88 Å². The number of imidazole rings is 1. The molecule has 0 saturated heterocycles. The van der Waals surface area contributed by atoms with E-state index < -0.39 is 0 Å². The summed E-state index contributed by atoms with van der Waals surface area (Å²) in [5.74, 6) is 0.421. The molecular weight excluding hydrogens is 341 g/mol. The predicted octanol–water partition coefficient (Wildman–Crippen LogP) is 3.57. The minimum Gasteiger partial charge on any atom is -0.340 e. The summed E-state index contributed by atoms with van der Waals surface area (Å²) in [5, 5.41) is 2.93. The lowest BCUT2D eigenvalue weighted by molar-refractivity contribution is -0.670. The number of H-pyrrole nitrogens is 1. The average molecular weight is 360 g/mol. The number of halogens is 1. The number of aromatic nitrogens is 2. The number of rotatable bonds is 5. The number of nitrogens with one attached hydrogen (secondary N) is 2. The van der Waals surface area contributed by atoms with E-state index >= 15 is 0 Å². The maximum absolute atomic E-state index is 14.2. The van der Waals surface area contributed by atoms with Gasteiger partial charge >= 0.3 is 0 Å². The van der Waals surface area contributed by atoms with Crippen molar-refractivity contribution in [2.24, 2.45) is 0 Å². The van der Waals surface area contributed by atoms with Crippen LogP contribution in [0.1, 0.15) is 21.7 Å². The molecule has 0 radical (unpaired) electrons. The summed E-state index contributed by atoms with van der Waals surface area (Å²) in [6, 6.07) is 23.7. The van der Waals surface area contributed by atoms with Crippen molar-refractivity contribution in [3.8, 4) is 0 Å². The van der Waals surface area contributed by atoms with Gasteiger partial charge in [0.15, 0.2) is 11.0 Å². The van der Waals surface area contributed by atoms with Gasteiger partial charge in [0.25, 0.3) is 11.7 Å². The van der Waals surface area contributed by atoms with E-state index in [1.807, 2.05) is 53.1 Å². The first-order valence-electron chi connectivity index (χ1n) is 8.78. The molecule has 134 valence electrons. The summed E-state index contributed by atoms with van der Waals surface area (Å²) >= 11 is 0. The van der Waals surface area contributed by atoms with Gasteiger partial charge in [-0.15, -0.1) is 0 Å². The van der Waals surface area contributed by atoms with Gasteiger partial charge in [-0.25, -0.2) is 13.9 Å². The van der Waals surface area contributed by atoms with Crippen molar-refractivity contribution in [3.63, 3.8) is 0 Å².